The molecule has 0 radical (unpaired) electrons. The molecule has 0 amide bonds. The van der Waals surface area contributed by atoms with Crippen LogP contribution in [-0.2, 0) is 12.8 Å². The average molecular weight is 272 g/mol. The van der Waals surface area contributed by atoms with E-state index in [2.05, 4.69) is 51.1 Å². The van der Waals surface area contributed by atoms with E-state index in [1.165, 1.54) is 68.1 Å². The summed E-state index contributed by atoms with van der Waals surface area (Å²) >= 11 is 0. The van der Waals surface area contributed by atoms with E-state index in [4.69, 9.17) is 0 Å². The third-order valence-corrected chi connectivity index (χ3v) is 4.01. The largest absolute Gasteiger partial charge is 0.0871 e. The third-order valence-electron chi connectivity index (χ3n) is 4.01. The summed E-state index contributed by atoms with van der Waals surface area (Å²) in [4.78, 5) is 0. The van der Waals surface area contributed by atoms with Crippen LogP contribution in [0.3, 0.4) is 0 Å². The molecule has 20 heavy (non-hydrogen) atoms. The van der Waals surface area contributed by atoms with Crippen LogP contribution in [0.2, 0.25) is 0 Å². The Labute approximate surface area is 126 Å². The van der Waals surface area contributed by atoms with Crippen LogP contribution in [0.25, 0.3) is 6.08 Å². The molecule has 0 aromatic heterocycles. The first-order valence-corrected chi connectivity index (χ1v) is 8.56. The first-order chi connectivity index (χ1) is 9.81. The van der Waals surface area contributed by atoms with Crippen LogP contribution in [0.4, 0.5) is 0 Å². The number of allylic oxidation sites excluding steroid dienone is 1. The molecule has 112 valence electrons. The number of unbranched alkanes of at least 4 members (excludes halogenated alkanes) is 6. The second-order valence-corrected chi connectivity index (χ2v) is 5.76. The van der Waals surface area contributed by atoms with E-state index in [1.54, 1.807) is 0 Å². The fraction of sp³-hybridized carbons (Fsp3) is 0.600. The van der Waals surface area contributed by atoms with Gasteiger partial charge in [0.1, 0.15) is 0 Å². The lowest BCUT2D eigenvalue weighted by Gasteiger charge is -2.08. The van der Waals surface area contributed by atoms with Crippen molar-refractivity contribution in [3.05, 3.63) is 41.0 Å². The topological polar surface area (TPSA) is 0 Å². The van der Waals surface area contributed by atoms with Gasteiger partial charge < -0.3 is 0 Å². The van der Waals surface area contributed by atoms with Crippen molar-refractivity contribution in [2.24, 2.45) is 0 Å². The molecule has 0 heterocycles. The van der Waals surface area contributed by atoms with Crippen molar-refractivity contribution >= 4 is 6.08 Å². The van der Waals surface area contributed by atoms with Crippen LogP contribution in [0.15, 0.2) is 24.3 Å². The van der Waals surface area contributed by atoms with Crippen molar-refractivity contribution in [2.75, 3.05) is 0 Å². The maximum atomic E-state index is 2.38. The van der Waals surface area contributed by atoms with E-state index in [0.717, 1.165) is 6.42 Å². The van der Waals surface area contributed by atoms with Gasteiger partial charge in [-0.15, -0.1) is 0 Å². The second-order valence-electron chi connectivity index (χ2n) is 5.76. The van der Waals surface area contributed by atoms with Gasteiger partial charge in [0, 0.05) is 0 Å². The molecule has 1 aromatic rings. The molecule has 0 spiro atoms. The second kappa shape index (κ2) is 10.7. The van der Waals surface area contributed by atoms with Crippen molar-refractivity contribution < 1.29 is 0 Å². The van der Waals surface area contributed by atoms with Crippen LogP contribution >= 0.6 is 0 Å². The van der Waals surface area contributed by atoms with E-state index in [1.807, 2.05) is 0 Å². The quantitative estimate of drug-likeness (QED) is 0.422. The monoisotopic (exact) mass is 272 g/mol. The van der Waals surface area contributed by atoms with Crippen LogP contribution in [0.1, 0.15) is 82.4 Å². The van der Waals surface area contributed by atoms with Gasteiger partial charge in [-0.25, -0.2) is 0 Å². The van der Waals surface area contributed by atoms with Crippen LogP contribution in [0.5, 0.6) is 0 Å². The Morgan fingerprint density at radius 3 is 2.25 bits per heavy atom. The first kappa shape index (κ1) is 17.0. The summed E-state index contributed by atoms with van der Waals surface area (Å²) in [5, 5.41) is 0. The number of benzene rings is 1. The Hall–Kier alpha value is -1.04. The van der Waals surface area contributed by atoms with Crippen molar-refractivity contribution in [2.45, 2.75) is 78.6 Å². The molecule has 0 heteroatoms. The molecule has 0 bridgehead atoms. The Kier molecular flexibility index (Phi) is 9.11. The van der Waals surface area contributed by atoms with Gasteiger partial charge in [-0.2, -0.15) is 0 Å². The number of aryl methyl sites for hydroxylation is 2. The zero-order valence-electron chi connectivity index (χ0n) is 13.8. The number of hydrogen-bond acceptors (Lipinski definition) is 0. The van der Waals surface area contributed by atoms with Gasteiger partial charge in [-0.1, -0.05) is 82.7 Å². The molecule has 1 aromatic carbocycles. The Morgan fingerprint density at radius 2 is 1.60 bits per heavy atom. The molecule has 0 aliphatic heterocycles. The minimum Gasteiger partial charge on any atom is -0.0871 e. The average Bonchev–Trinajstić information content (AvgIpc) is 2.47. The molecule has 0 saturated heterocycles. The lowest BCUT2D eigenvalue weighted by molar-refractivity contribution is 0.589. The highest BCUT2D eigenvalue weighted by Crippen LogP contribution is 2.17. The maximum Gasteiger partial charge on any atom is -0.0225 e. The normalized spacial score (nSPS) is 11.3. The van der Waals surface area contributed by atoms with E-state index in [0.29, 0.717) is 0 Å². The highest BCUT2D eigenvalue weighted by Gasteiger charge is 2.00. The SMILES string of the molecule is CC=Cc1cc(CCCCCCCCC)ccc1CC. The molecular formula is C20H32. The fourth-order valence-corrected chi connectivity index (χ4v) is 2.74. The van der Waals surface area contributed by atoms with Gasteiger partial charge in [0.2, 0.25) is 0 Å². The smallest absolute Gasteiger partial charge is 0.0225 e. The summed E-state index contributed by atoms with van der Waals surface area (Å²) in [7, 11) is 0. The van der Waals surface area contributed by atoms with Crippen LogP contribution in [-0.4, -0.2) is 0 Å². The Bertz CT molecular complexity index is 387. The van der Waals surface area contributed by atoms with E-state index >= 15 is 0 Å². The van der Waals surface area contributed by atoms with Gasteiger partial charge >= 0.3 is 0 Å². The van der Waals surface area contributed by atoms with Gasteiger partial charge in [-0.05, 0) is 42.9 Å². The minimum atomic E-state index is 1.12. The Morgan fingerprint density at radius 1 is 0.900 bits per heavy atom. The predicted octanol–water partition coefficient (Wildman–Crippen LogP) is 6.58. The number of hydrogen-bond donors (Lipinski definition) is 0. The zero-order chi connectivity index (χ0) is 14.6. The summed E-state index contributed by atoms with van der Waals surface area (Å²) in [6.07, 6.45) is 16.5. The molecule has 0 aliphatic carbocycles. The third kappa shape index (κ3) is 6.41. The molecule has 0 atom stereocenters. The van der Waals surface area contributed by atoms with Crippen molar-refractivity contribution in [3.8, 4) is 0 Å². The highest BCUT2D eigenvalue weighted by atomic mass is 14.1. The van der Waals surface area contributed by atoms with E-state index < -0.39 is 0 Å². The van der Waals surface area contributed by atoms with Gasteiger partial charge in [-0.3, -0.25) is 0 Å². The van der Waals surface area contributed by atoms with E-state index in [9.17, 15) is 0 Å². The molecule has 0 nitrogen and oxygen atoms in total. The number of rotatable bonds is 10. The standard InChI is InChI=1S/C20H32/c1-4-7-8-9-10-11-12-14-18-15-16-19(6-3)20(17-18)13-5-2/h5,13,15-17H,4,6-12,14H2,1-3H3. The van der Waals surface area contributed by atoms with Gasteiger partial charge in [0.25, 0.3) is 0 Å². The lowest BCUT2D eigenvalue weighted by atomic mass is 9.98. The van der Waals surface area contributed by atoms with Crippen LogP contribution < -0.4 is 0 Å². The fourth-order valence-electron chi connectivity index (χ4n) is 2.74. The van der Waals surface area contributed by atoms with Crippen molar-refractivity contribution in [1.29, 1.82) is 0 Å². The maximum absolute atomic E-state index is 2.38. The Balaban J connectivity index is 2.35. The lowest BCUT2D eigenvalue weighted by Crippen LogP contribution is -1.92. The molecule has 0 aliphatic rings. The summed E-state index contributed by atoms with van der Waals surface area (Å²) in [5.41, 5.74) is 4.38. The molecule has 0 unspecified atom stereocenters. The van der Waals surface area contributed by atoms with Gasteiger partial charge in [0.05, 0.1) is 0 Å². The van der Waals surface area contributed by atoms with E-state index in [-0.39, 0.29) is 0 Å². The highest BCUT2D eigenvalue weighted by molar-refractivity contribution is 5.54. The minimum absolute atomic E-state index is 1.12. The zero-order valence-corrected chi connectivity index (χ0v) is 13.8. The molecule has 0 N–H and O–H groups in total. The summed E-state index contributed by atoms with van der Waals surface area (Å²) in [5.74, 6) is 0. The summed E-state index contributed by atoms with van der Waals surface area (Å²) in [6.45, 7) is 6.61. The predicted molar refractivity (Wildman–Crippen MR) is 92.2 cm³/mol. The van der Waals surface area contributed by atoms with Crippen molar-refractivity contribution in [3.63, 3.8) is 0 Å². The first-order valence-electron chi connectivity index (χ1n) is 8.56. The summed E-state index contributed by atoms with van der Waals surface area (Å²) < 4.78 is 0. The molecule has 1 rings (SSSR count). The molecule has 0 fully saturated rings. The van der Waals surface area contributed by atoms with Gasteiger partial charge in [0.15, 0.2) is 0 Å². The van der Waals surface area contributed by atoms with Crippen LogP contribution in [0, 0.1) is 0 Å². The summed E-state index contributed by atoms with van der Waals surface area (Å²) in [6, 6.07) is 7.02. The van der Waals surface area contributed by atoms with Crippen molar-refractivity contribution in [1.82, 2.24) is 0 Å². The molecular weight excluding hydrogens is 240 g/mol. The molecule has 0 saturated carbocycles.